The summed E-state index contributed by atoms with van der Waals surface area (Å²) in [5.41, 5.74) is 1.11. The molecule has 0 aliphatic heterocycles. The Balaban J connectivity index is 0.00000208. The number of hydrogen-bond donors (Lipinski definition) is 2. The van der Waals surface area contributed by atoms with E-state index in [0.717, 1.165) is 50.2 Å². The van der Waals surface area contributed by atoms with Crippen molar-refractivity contribution in [2.24, 2.45) is 4.99 Å². The largest absolute Gasteiger partial charge is 0.357 e. The molecule has 0 unspecified atom stereocenters. The lowest BCUT2D eigenvalue weighted by Crippen LogP contribution is -2.42. The number of nitrogens with zero attached hydrogens (tertiary/aromatic N) is 2. The van der Waals surface area contributed by atoms with Gasteiger partial charge in [-0.25, -0.2) is 4.98 Å². The van der Waals surface area contributed by atoms with E-state index in [2.05, 4.69) is 57.9 Å². The number of benzene rings is 1. The molecule has 0 amide bonds. The fourth-order valence-electron chi connectivity index (χ4n) is 2.70. The van der Waals surface area contributed by atoms with Crippen LogP contribution in [-0.2, 0) is 6.42 Å². The van der Waals surface area contributed by atoms with Gasteiger partial charge in [0.1, 0.15) is 0 Å². The van der Waals surface area contributed by atoms with Crippen LogP contribution >= 0.6 is 35.3 Å². The first kappa shape index (κ1) is 19.2. The number of aryl methyl sites for hydroxylation is 1. The summed E-state index contributed by atoms with van der Waals surface area (Å²) in [6.45, 7) is 3.82. The lowest BCUT2D eigenvalue weighted by atomic mass is 10.2. The van der Waals surface area contributed by atoms with Crippen LogP contribution in [0, 0.1) is 0 Å². The highest BCUT2D eigenvalue weighted by Crippen LogP contribution is 2.22. The number of fused-ring (bicyclic) bond motifs is 1. The van der Waals surface area contributed by atoms with Gasteiger partial charge in [-0.1, -0.05) is 24.3 Å². The summed E-state index contributed by atoms with van der Waals surface area (Å²) >= 11 is 1.79. The number of thiazole rings is 1. The summed E-state index contributed by atoms with van der Waals surface area (Å²) in [6, 6.07) is 8.83. The predicted molar refractivity (Wildman–Crippen MR) is 115 cm³/mol. The highest BCUT2D eigenvalue weighted by Gasteiger charge is 2.11. The molecule has 0 saturated carbocycles. The Labute approximate surface area is 164 Å². The second-order valence-electron chi connectivity index (χ2n) is 5.72. The molecule has 1 aliphatic rings. The minimum Gasteiger partial charge on any atom is -0.357 e. The molecule has 1 aromatic carbocycles. The number of nitrogens with one attached hydrogen (secondary N) is 2. The first-order valence-corrected chi connectivity index (χ1v) is 9.21. The number of halogens is 1. The van der Waals surface area contributed by atoms with Crippen molar-refractivity contribution in [3.8, 4) is 0 Å². The summed E-state index contributed by atoms with van der Waals surface area (Å²) < 4.78 is 1.27. The van der Waals surface area contributed by atoms with Crippen LogP contribution in [0.15, 0.2) is 41.4 Å². The van der Waals surface area contributed by atoms with Crippen LogP contribution < -0.4 is 10.6 Å². The molecule has 3 rings (SSSR count). The zero-order valence-electron chi connectivity index (χ0n) is 14.0. The van der Waals surface area contributed by atoms with E-state index >= 15 is 0 Å². The molecule has 0 spiro atoms. The number of aliphatic imine (C=N–C) groups is 1. The minimum absolute atomic E-state index is 0. The predicted octanol–water partition coefficient (Wildman–Crippen LogP) is 4.12. The van der Waals surface area contributed by atoms with Crippen molar-refractivity contribution in [1.82, 2.24) is 15.6 Å². The molecule has 0 radical (unpaired) electrons. The van der Waals surface area contributed by atoms with Crippen LogP contribution in [0.2, 0.25) is 0 Å². The Morgan fingerprint density at radius 3 is 2.83 bits per heavy atom. The molecule has 0 fully saturated rings. The minimum atomic E-state index is 0. The molecule has 1 aromatic heterocycles. The van der Waals surface area contributed by atoms with Crippen molar-refractivity contribution in [3.05, 3.63) is 41.4 Å². The lowest BCUT2D eigenvalue weighted by Gasteiger charge is -2.16. The number of guanidine groups is 1. The van der Waals surface area contributed by atoms with Gasteiger partial charge in [0.25, 0.3) is 0 Å². The van der Waals surface area contributed by atoms with E-state index in [1.54, 1.807) is 11.3 Å². The van der Waals surface area contributed by atoms with E-state index in [-0.39, 0.29) is 24.0 Å². The molecule has 4 nitrogen and oxygen atoms in total. The van der Waals surface area contributed by atoms with Crippen LogP contribution in [0.4, 0.5) is 0 Å². The number of aromatic nitrogens is 1. The third-order valence-corrected chi connectivity index (χ3v) is 4.95. The van der Waals surface area contributed by atoms with Crippen molar-refractivity contribution in [2.75, 3.05) is 13.1 Å². The second-order valence-corrected chi connectivity index (χ2v) is 6.84. The fourth-order valence-corrected chi connectivity index (χ4v) is 3.71. The molecule has 6 heteroatoms. The number of hydrogen-bond acceptors (Lipinski definition) is 3. The average Bonchev–Trinajstić information content (AvgIpc) is 3.20. The molecule has 130 valence electrons. The first-order valence-electron chi connectivity index (χ1n) is 8.39. The van der Waals surface area contributed by atoms with Crippen molar-refractivity contribution in [1.29, 1.82) is 0 Å². The summed E-state index contributed by atoms with van der Waals surface area (Å²) in [6.07, 6.45) is 8.67. The quantitative estimate of drug-likeness (QED) is 0.226. The van der Waals surface area contributed by atoms with Crippen LogP contribution in [0.25, 0.3) is 10.2 Å². The van der Waals surface area contributed by atoms with Gasteiger partial charge >= 0.3 is 0 Å². The Morgan fingerprint density at radius 1 is 1.29 bits per heavy atom. The Hall–Kier alpha value is -1.15. The Morgan fingerprint density at radius 2 is 2.08 bits per heavy atom. The van der Waals surface area contributed by atoms with Gasteiger partial charge < -0.3 is 10.6 Å². The summed E-state index contributed by atoms with van der Waals surface area (Å²) in [5, 5.41) is 8.04. The van der Waals surface area contributed by atoms with E-state index in [1.807, 2.05) is 6.07 Å². The molecule has 1 heterocycles. The van der Waals surface area contributed by atoms with E-state index < -0.39 is 0 Å². The van der Waals surface area contributed by atoms with Crippen molar-refractivity contribution in [2.45, 2.75) is 38.6 Å². The molecule has 0 bridgehead atoms. The van der Waals surface area contributed by atoms with E-state index in [9.17, 15) is 0 Å². The molecule has 0 saturated heterocycles. The molecule has 0 atom stereocenters. The van der Waals surface area contributed by atoms with Crippen LogP contribution in [0.3, 0.4) is 0 Å². The molecular weight excluding hydrogens is 431 g/mol. The highest BCUT2D eigenvalue weighted by atomic mass is 127. The van der Waals surface area contributed by atoms with Gasteiger partial charge in [-0.15, -0.1) is 35.3 Å². The Bertz CT molecular complexity index is 654. The standard InChI is InChI=1S/C18H24N4S.HI/c1-2-19-18(21-14-8-3-4-9-14)20-13-7-12-17-22-15-10-5-6-11-16(15)23-17;/h3-6,10-11,14H,2,7-9,12-13H2,1H3,(H2,19,20,21);1H. The summed E-state index contributed by atoms with van der Waals surface area (Å²) in [7, 11) is 0. The maximum Gasteiger partial charge on any atom is 0.191 e. The first-order chi connectivity index (χ1) is 11.3. The van der Waals surface area contributed by atoms with Crippen LogP contribution in [-0.4, -0.2) is 30.1 Å². The van der Waals surface area contributed by atoms with Gasteiger partial charge in [-0.05, 0) is 38.3 Å². The Kier molecular flexibility index (Phi) is 7.98. The summed E-state index contributed by atoms with van der Waals surface area (Å²) in [4.78, 5) is 9.37. The van der Waals surface area contributed by atoms with Gasteiger partial charge in [-0.3, -0.25) is 4.99 Å². The van der Waals surface area contributed by atoms with Gasteiger partial charge in [0.05, 0.1) is 15.2 Å². The van der Waals surface area contributed by atoms with Gasteiger partial charge in [0.2, 0.25) is 0 Å². The number of rotatable bonds is 6. The summed E-state index contributed by atoms with van der Waals surface area (Å²) in [5.74, 6) is 0.936. The van der Waals surface area contributed by atoms with Crippen LogP contribution in [0.1, 0.15) is 31.2 Å². The van der Waals surface area contributed by atoms with Gasteiger partial charge in [0.15, 0.2) is 5.96 Å². The zero-order chi connectivity index (χ0) is 15.9. The van der Waals surface area contributed by atoms with Gasteiger partial charge in [-0.2, -0.15) is 0 Å². The fraction of sp³-hybridized carbons (Fsp3) is 0.444. The van der Waals surface area contributed by atoms with Crippen molar-refractivity contribution >= 4 is 51.5 Å². The lowest BCUT2D eigenvalue weighted by molar-refractivity contribution is 0.632. The maximum absolute atomic E-state index is 4.69. The third-order valence-electron chi connectivity index (χ3n) is 3.85. The van der Waals surface area contributed by atoms with Gasteiger partial charge in [0, 0.05) is 25.6 Å². The molecule has 2 aromatic rings. The average molecular weight is 456 g/mol. The molecule has 24 heavy (non-hydrogen) atoms. The van der Waals surface area contributed by atoms with Crippen molar-refractivity contribution < 1.29 is 0 Å². The van der Waals surface area contributed by atoms with Crippen molar-refractivity contribution in [3.63, 3.8) is 0 Å². The monoisotopic (exact) mass is 456 g/mol. The van der Waals surface area contributed by atoms with E-state index in [4.69, 9.17) is 0 Å². The SMILES string of the molecule is CCNC(=NCCCc1nc2ccccc2s1)NC1CC=CC1.I. The molecule has 1 aliphatic carbocycles. The second kappa shape index (κ2) is 9.98. The normalized spacial score (nSPS) is 14.8. The topological polar surface area (TPSA) is 49.3 Å². The molecular formula is C18H25IN4S. The van der Waals surface area contributed by atoms with Crippen LogP contribution in [0.5, 0.6) is 0 Å². The smallest absolute Gasteiger partial charge is 0.191 e. The zero-order valence-corrected chi connectivity index (χ0v) is 17.1. The maximum atomic E-state index is 4.69. The third kappa shape index (κ3) is 5.44. The van der Waals surface area contributed by atoms with E-state index in [1.165, 1.54) is 9.71 Å². The molecule has 2 N–H and O–H groups in total. The van der Waals surface area contributed by atoms with E-state index in [0.29, 0.717) is 6.04 Å². The highest BCUT2D eigenvalue weighted by molar-refractivity contribution is 14.0. The number of para-hydroxylation sites is 1.